The first-order valence-corrected chi connectivity index (χ1v) is 6.09. The van der Waals surface area contributed by atoms with Gasteiger partial charge in [-0.05, 0) is 0 Å². The molecule has 7 nitrogen and oxygen atoms in total. The van der Waals surface area contributed by atoms with Crippen molar-refractivity contribution in [1.29, 1.82) is 0 Å². The molecule has 0 aliphatic carbocycles. The third kappa shape index (κ3) is 1420. The Morgan fingerprint density at radius 3 is 1.10 bits per heavy atom. The molecule has 0 bridgehead atoms. The molecule has 0 fully saturated rings. The predicted octanol–water partition coefficient (Wildman–Crippen LogP) is -3.88. The van der Waals surface area contributed by atoms with Gasteiger partial charge in [-0.25, -0.2) is 0 Å². The summed E-state index contributed by atoms with van der Waals surface area (Å²) < 4.78 is 40.8. The van der Waals surface area contributed by atoms with Gasteiger partial charge in [0, 0.05) is 0 Å². The zero-order chi connectivity index (χ0) is 8.08. The van der Waals surface area contributed by atoms with E-state index in [9.17, 15) is 0 Å². The zero-order valence-corrected chi connectivity index (χ0v) is 6.93. The van der Waals surface area contributed by atoms with Gasteiger partial charge in [0.05, 0.1) is 0 Å². The Labute approximate surface area is 77.1 Å². The van der Waals surface area contributed by atoms with Crippen LogP contribution in [-0.4, -0.2) is 49.3 Å². The number of hydrogen-bond donors (Lipinski definition) is 4. The third-order valence-electron chi connectivity index (χ3n) is 0. The molecule has 10 heteroatoms. The van der Waals surface area contributed by atoms with Crippen LogP contribution in [0.1, 0.15) is 0 Å². The van der Waals surface area contributed by atoms with Crippen molar-refractivity contribution in [3.05, 3.63) is 0 Å². The third-order valence-corrected chi connectivity index (χ3v) is 0. The first kappa shape index (κ1) is 16.9. The summed E-state index contributed by atoms with van der Waals surface area (Å²) >= 11 is -5.52. The van der Waals surface area contributed by atoms with Crippen LogP contribution in [0.25, 0.3) is 0 Å². The van der Waals surface area contributed by atoms with Gasteiger partial charge in [0.15, 0.2) is 0 Å². The van der Waals surface area contributed by atoms with Gasteiger partial charge >= 0.3 is 63.3 Å². The Balaban J connectivity index is -0.0000000910. The van der Waals surface area contributed by atoms with Crippen LogP contribution in [0.4, 0.5) is 0 Å². The van der Waals surface area contributed by atoms with Crippen LogP contribution in [0.15, 0.2) is 0 Å². The van der Waals surface area contributed by atoms with Crippen molar-refractivity contribution in [3.63, 3.8) is 0 Å². The fraction of sp³-hybridized carbons (Fsp3) is 0. The number of rotatable bonds is 0. The average molecular weight is 266 g/mol. The molecule has 0 saturated heterocycles. The number of hydrogen-bond acceptors (Lipinski definition) is 3. The first-order valence-electron chi connectivity index (χ1n) is 1.35. The molecule has 0 aliphatic heterocycles. The second-order valence-electron chi connectivity index (χ2n) is 0.730. The second-order valence-corrected chi connectivity index (χ2v) is 3.50. The quantitative estimate of drug-likeness (QED) is 0.330. The predicted molar refractivity (Wildman–Crippen MR) is 25.2 cm³/mol. The zero-order valence-electron chi connectivity index (χ0n) is 3.92. The van der Waals surface area contributed by atoms with E-state index in [2.05, 4.69) is 0 Å². The molecule has 0 rings (SSSR count). The summed E-state index contributed by atoms with van der Waals surface area (Å²) in [4.78, 5) is 14.3. The minimum atomic E-state index is -5.52. The van der Waals surface area contributed by atoms with Gasteiger partial charge in [-0.2, -0.15) is 0 Å². The maximum absolute atomic E-state index is 8.85. The van der Waals surface area contributed by atoms with E-state index in [0.29, 0.717) is 0 Å². The summed E-state index contributed by atoms with van der Waals surface area (Å²) in [5.41, 5.74) is 0. The Hall–Kier alpha value is 0.591. The van der Waals surface area contributed by atoms with Gasteiger partial charge in [-0.3, -0.25) is 4.46 Å². The van der Waals surface area contributed by atoms with Gasteiger partial charge in [0.2, 0.25) is 0 Å². The van der Waals surface area contributed by atoms with E-state index in [4.69, 9.17) is 28.4 Å². The molecule has 0 heterocycles. The molecule has 0 spiro atoms. The summed E-state index contributed by atoms with van der Waals surface area (Å²) in [6.07, 6.45) is 0. The van der Waals surface area contributed by atoms with Gasteiger partial charge in [-0.15, -0.1) is 0 Å². The molecule has 0 radical (unpaired) electrons. The molecule has 0 aliphatic rings. The molecular weight excluding hydrogens is 260 g/mol. The summed E-state index contributed by atoms with van der Waals surface area (Å²) in [7, 11) is -3.13. The standard InChI is InChI=1S/Mg.Mo.H2O3Si.2H2O.2O.2H/c;;1-4(2)3;;;;;;/h;;1-2H;2*1H2;;;;/q;+2;;;;;;;/p-2. The molecule has 0 aromatic rings. The van der Waals surface area contributed by atoms with Gasteiger partial charge in [-0.1, -0.05) is 0 Å². The Morgan fingerprint density at radius 2 is 1.10 bits per heavy atom. The van der Waals surface area contributed by atoms with E-state index in [0.717, 1.165) is 0 Å². The molecule has 4 N–H and O–H groups in total. The van der Waals surface area contributed by atoms with Crippen LogP contribution in [0, 0.1) is 0 Å². The van der Waals surface area contributed by atoms with Crippen molar-refractivity contribution in [2.24, 2.45) is 0 Å². The van der Waals surface area contributed by atoms with E-state index in [1.807, 2.05) is 0 Å². The monoisotopic (exact) mass is 268 g/mol. The van der Waals surface area contributed by atoms with Crippen LogP contribution < -0.4 is 0 Å². The van der Waals surface area contributed by atoms with Crippen LogP contribution >= 0.6 is 0 Å². The molecule has 0 unspecified atom stereocenters. The fourth-order valence-electron chi connectivity index (χ4n) is 0. The molecule has 60 valence electrons. The Bertz CT molecular complexity index is 156. The van der Waals surface area contributed by atoms with Crippen LogP contribution in [0.5, 0.6) is 0 Å². The first-order chi connectivity index (χ1) is 3.73. The van der Waals surface area contributed by atoms with Crippen LogP contribution in [-0.2, 0) is 28.0 Å². The van der Waals surface area contributed by atoms with Crippen molar-refractivity contribution < 1.29 is 45.1 Å². The summed E-state index contributed by atoms with van der Waals surface area (Å²) in [6, 6.07) is 0. The van der Waals surface area contributed by atoms with Crippen LogP contribution in [0.3, 0.4) is 0 Å². The van der Waals surface area contributed by atoms with E-state index in [1.54, 1.807) is 0 Å². The van der Waals surface area contributed by atoms with Crippen molar-refractivity contribution >= 4 is 32.2 Å². The minimum absolute atomic E-state index is 0. The van der Waals surface area contributed by atoms with E-state index >= 15 is 0 Å². The van der Waals surface area contributed by atoms with Crippen molar-refractivity contribution in [3.8, 4) is 0 Å². The molecule has 0 amide bonds. The van der Waals surface area contributed by atoms with Crippen molar-refractivity contribution in [2.45, 2.75) is 0 Å². The normalized spacial score (nSPS) is 8.20. The fourth-order valence-corrected chi connectivity index (χ4v) is 0. The van der Waals surface area contributed by atoms with E-state index < -0.39 is 25.9 Å². The van der Waals surface area contributed by atoms with Gasteiger partial charge < -0.3 is 9.59 Å². The summed E-state index contributed by atoms with van der Waals surface area (Å²) in [6.45, 7) is 0. The molecule has 0 aromatic heterocycles. The SMILES string of the molecule is O=[Si](O)O.[MgH2].[O]=[Mo](=[O])([OH])[OH]. The van der Waals surface area contributed by atoms with Gasteiger partial charge in [0.1, 0.15) is 0 Å². The van der Waals surface area contributed by atoms with Crippen molar-refractivity contribution in [1.82, 2.24) is 0 Å². The molecular formula is H6MgMoO7Si. The van der Waals surface area contributed by atoms with E-state index in [-0.39, 0.29) is 23.1 Å². The molecule has 0 atom stereocenters. The maximum atomic E-state index is 8.85. The Kier molecular flexibility index (Phi) is 13.0. The van der Waals surface area contributed by atoms with E-state index in [1.165, 1.54) is 0 Å². The van der Waals surface area contributed by atoms with Crippen molar-refractivity contribution in [2.75, 3.05) is 0 Å². The Morgan fingerprint density at radius 1 is 1.10 bits per heavy atom. The topological polar surface area (TPSA) is 132 Å². The molecule has 0 aromatic carbocycles. The van der Waals surface area contributed by atoms with Gasteiger partial charge in [0.25, 0.3) is 0 Å². The second kappa shape index (κ2) is 7.70. The molecule has 0 saturated carbocycles. The summed E-state index contributed by atoms with van der Waals surface area (Å²) in [5.74, 6) is 0. The van der Waals surface area contributed by atoms with Crippen LogP contribution in [0.2, 0.25) is 0 Å². The average Bonchev–Trinajstić information content (AvgIpc) is 1.19. The molecule has 10 heavy (non-hydrogen) atoms. The summed E-state index contributed by atoms with van der Waals surface area (Å²) in [5, 5.41) is 0.